The van der Waals surface area contributed by atoms with Gasteiger partial charge < -0.3 is 10.2 Å². The lowest BCUT2D eigenvalue weighted by Gasteiger charge is -2.14. The summed E-state index contributed by atoms with van der Waals surface area (Å²) in [6.45, 7) is 14.2. The van der Waals surface area contributed by atoms with Crippen LogP contribution in [0.15, 0.2) is 114 Å². The molecule has 336 valence electrons. The molecule has 0 bridgehead atoms. The zero-order valence-electron chi connectivity index (χ0n) is 37.2. The summed E-state index contributed by atoms with van der Waals surface area (Å²) in [4.78, 5) is 38.1. The number of benzene rings is 2. The molecule has 17 nitrogen and oxygen atoms in total. The number of nitrogens with two attached hydrogens (primary N) is 1. The molecule has 6 heterocycles. The molecule has 0 radical (unpaired) electrons. The summed E-state index contributed by atoms with van der Waals surface area (Å²) in [5.74, 6) is 2.13. The van der Waals surface area contributed by atoms with Crippen molar-refractivity contribution in [2.24, 2.45) is 9.54 Å². The molecule has 2 atom stereocenters. The van der Waals surface area contributed by atoms with Gasteiger partial charge in [-0.05, 0) is 97.0 Å². The Morgan fingerprint density at radius 1 is 0.646 bits per heavy atom. The smallest absolute Gasteiger partial charge is 0.178 e. The third-order valence-corrected chi connectivity index (χ3v) is 12.1. The topological polar surface area (TPSA) is 243 Å². The molecule has 0 spiro atoms. The number of nitrogens with zero attached hydrogens (tertiary/aromatic N) is 11. The van der Waals surface area contributed by atoms with Crippen molar-refractivity contribution in [1.29, 1.82) is 0 Å². The van der Waals surface area contributed by atoms with Crippen LogP contribution in [-0.2, 0) is 35.2 Å². The van der Waals surface area contributed by atoms with E-state index in [1.807, 2.05) is 102 Å². The van der Waals surface area contributed by atoms with Crippen LogP contribution in [0.2, 0.25) is 0 Å². The summed E-state index contributed by atoms with van der Waals surface area (Å²) >= 11 is 0. The van der Waals surface area contributed by atoms with Gasteiger partial charge in [0.05, 0.1) is 79.9 Å². The number of fused-ring (bicyclic) bond motifs is 2. The minimum Gasteiger partial charge on any atom is -0.390 e. The van der Waals surface area contributed by atoms with Crippen LogP contribution in [0, 0.1) is 0 Å². The molecule has 0 unspecified atom stereocenters. The monoisotopic (exact) mass is 914 g/mol. The molecule has 0 aliphatic carbocycles. The molecular weight excluding hydrogens is 865 g/mol. The van der Waals surface area contributed by atoms with E-state index < -0.39 is 26.7 Å². The summed E-state index contributed by atoms with van der Waals surface area (Å²) in [5.41, 5.74) is 6.00. The maximum atomic E-state index is 12.4. The van der Waals surface area contributed by atoms with Crippen molar-refractivity contribution in [3.05, 3.63) is 132 Å². The van der Waals surface area contributed by atoms with Crippen molar-refractivity contribution in [3.8, 4) is 34.4 Å². The molecule has 6 aromatic heterocycles. The van der Waals surface area contributed by atoms with Gasteiger partial charge in [0.2, 0.25) is 0 Å². The zero-order chi connectivity index (χ0) is 47.1. The van der Waals surface area contributed by atoms with Crippen LogP contribution in [0.25, 0.3) is 56.2 Å². The highest BCUT2D eigenvalue weighted by atomic mass is 32.2. The zero-order valence-corrected chi connectivity index (χ0v) is 38.9. The minimum absolute atomic E-state index is 0.107. The number of Topliss-reactive ketones (excluding diaryl/α,β-unsaturated/α-hetero) is 1. The molecule has 19 heteroatoms. The maximum Gasteiger partial charge on any atom is 0.178 e. The highest BCUT2D eigenvalue weighted by molar-refractivity contribution is 7.85. The largest absolute Gasteiger partial charge is 0.390 e. The van der Waals surface area contributed by atoms with E-state index in [0.717, 1.165) is 32.9 Å². The Bertz CT molecular complexity index is 3060. The molecule has 0 amide bonds. The molecule has 0 saturated heterocycles. The summed E-state index contributed by atoms with van der Waals surface area (Å²) in [7, 11) is -2.55. The van der Waals surface area contributed by atoms with Gasteiger partial charge in [-0.25, -0.2) is 47.7 Å². The number of aliphatic hydroxyl groups is 2. The van der Waals surface area contributed by atoms with Gasteiger partial charge in [0.25, 0.3) is 0 Å². The number of rotatable bonds is 9. The Balaban J connectivity index is 0.000000191. The molecule has 4 N–H and O–H groups in total. The number of aromatic nitrogens is 10. The van der Waals surface area contributed by atoms with Crippen molar-refractivity contribution in [1.82, 2.24) is 49.5 Å². The molecule has 0 fully saturated rings. The Morgan fingerprint density at radius 2 is 1.09 bits per heavy atom. The fourth-order valence-corrected chi connectivity index (χ4v) is 6.34. The van der Waals surface area contributed by atoms with Crippen LogP contribution in [0.4, 0.5) is 0 Å². The predicted octanol–water partition coefficient (Wildman–Crippen LogP) is 6.62. The highest BCUT2D eigenvalue weighted by Gasteiger charge is 2.20. The van der Waals surface area contributed by atoms with E-state index in [1.165, 1.54) is 6.92 Å². The second-order valence-corrected chi connectivity index (χ2v) is 20.2. The van der Waals surface area contributed by atoms with Gasteiger partial charge in [0.1, 0.15) is 16.7 Å². The Morgan fingerprint density at radius 3 is 1.51 bits per heavy atom. The maximum absolute atomic E-state index is 12.4. The number of carbonyl (C=O) groups excluding carboxylic acids is 1. The molecule has 0 aliphatic heterocycles. The number of pyridine rings is 2. The van der Waals surface area contributed by atoms with Crippen LogP contribution in [0.3, 0.4) is 0 Å². The summed E-state index contributed by atoms with van der Waals surface area (Å²) in [6.07, 6.45) is 6.76. The van der Waals surface area contributed by atoms with E-state index in [0.29, 0.717) is 51.8 Å². The lowest BCUT2D eigenvalue weighted by molar-refractivity contribution is 0.101. The van der Waals surface area contributed by atoms with Crippen LogP contribution in [-0.4, -0.2) is 89.1 Å². The summed E-state index contributed by atoms with van der Waals surface area (Å²) in [6, 6.07) is 25.8. The first kappa shape index (κ1) is 47.8. The first-order valence-corrected chi connectivity index (χ1v) is 22.6. The summed E-state index contributed by atoms with van der Waals surface area (Å²) < 4.78 is 29.8. The van der Waals surface area contributed by atoms with E-state index in [1.54, 1.807) is 65.3 Å². The average molecular weight is 915 g/mol. The van der Waals surface area contributed by atoms with Gasteiger partial charge in [0.15, 0.2) is 29.1 Å². The molecule has 0 saturated carbocycles. The van der Waals surface area contributed by atoms with Gasteiger partial charge in [-0.15, -0.1) is 0 Å². The van der Waals surface area contributed by atoms with Crippen LogP contribution >= 0.6 is 0 Å². The fourth-order valence-electron chi connectivity index (χ4n) is 5.73. The van der Waals surface area contributed by atoms with Crippen LogP contribution in [0.5, 0.6) is 0 Å². The standard InChI is InChI=1S/C23H24N6O2S.C19H15N5O2.C4H11NOS/c1-15(28-32(31)23(2,3)4)19-10-11-24-22(27-19)16-8-9-17-13-25-29(20(17)12-16)21-7-5-6-18(14-30)26-21;1-12(26)16-7-8-20-19(23-16)13-5-6-14-10-21-24(17(14)9-13)18-4-2-3-15(11-25)22-18;1-4(2,3)7(5)6/h5-13,30H,14H2,1-4H3;2-10,25H,11H2,1H3;5H2,1-3H3/t32-;;7-/m1.1/s1. The minimum atomic E-state index is -1.37. The Hall–Kier alpha value is -6.64. The normalized spacial score (nSPS) is 12.8. The lowest BCUT2D eigenvalue weighted by atomic mass is 10.1. The van der Waals surface area contributed by atoms with Gasteiger partial charge >= 0.3 is 0 Å². The highest BCUT2D eigenvalue weighted by Crippen LogP contribution is 2.26. The first-order chi connectivity index (χ1) is 30.9. The third kappa shape index (κ3) is 11.9. The Labute approximate surface area is 381 Å². The van der Waals surface area contributed by atoms with Crippen molar-refractivity contribution >= 4 is 55.3 Å². The van der Waals surface area contributed by atoms with Crippen LogP contribution in [0.1, 0.15) is 83.0 Å². The second kappa shape index (κ2) is 20.5. The number of ketones is 1. The van der Waals surface area contributed by atoms with E-state index in [4.69, 9.17) is 5.14 Å². The van der Waals surface area contributed by atoms with Crippen molar-refractivity contribution in [2.45, 2.75) is 78.1 Å². The Kier molecular flexibility index (Phi) is 15.1. The second-order valence-electron chi connectivity index (χ2n) is 16.5. The predicted molar refractivity (Wildman–Crippen MR) is 254 cm³/mol. The van der Waals surface area contributed by atoms with E-state index in [2.05, 4.69) is 44.5 Å². The van der Waals surface area contributed by atoms with Gasteiger partial charge in [-0.3, -0.25) is 9.93 Å². The third-order valence-electron chi connectivity index (χ3n) is 9.39. The lowest BCUT2D eigenvalue weighted by Crippen LogP contribution is -2.27. The van der Waals surface area contributed by atoms with Gasteiger partial charge in [-0.2, -0.15) is 14.6 Å². The van der Waals surface area contributed by atoms with Crippen molar-refractivity contribution < 1.29 is 23.4 Å². The van der Waals surface area contributed by atoms with Crippen molar-refractivity contribution in [3.63, 3.8) is 0 Å². The summed E-state index contributed by atoms with van der Waals surface area (Å²) in [5, 5.41) is 34.5. The molecule has 8 aromatic rings. The average Bonchev–Trinajstić information content (AvgIpc) is 3.93. The van der Waals surface area contributed by atoms with Gasteiger partial charge in [0, 0.05) is 41.2 Å². The number of hydrogen-bond donors (Lipinski definition) is 3. The molecule has 2 aromatic carbocycles. The van der Waals surface area contributed by atoms with Gasteiger partial charge in [-0.1, -0.05) is 36.4 Å². The SMILES string of the molecule is CC(=N[S@](=O)C(C)(C)C)c1ccnc(-c2ccc3cnn(-c4cccc(CO)n4)c3c2)n1.CC(=O)c1ccnc(-c2ccc3cnn(-c4cccc(CO)n4)c3c2)n1.CC(C)(C)[S@](N)=O. The number of aliphatic hydroxyl groups excluding tert-OH is 2. The molecule has 8 rings (SSSR count). The van der Waals surface area contributed by atoms with Crippen LogP contribution < -0.4 is 5.14 Å². The quantitative estimate of drug-likeness (QED) is 0.102. The fraction of sp³-hybridized carbons (Fsp3) is 0.261. The van der Waals surface area contributed by atoms with Crippen molar-refractivity contribution in [2.75, 3.05) is 0 Å². The van der Waals surface area contributed by atoms with E-state index >= 15 is 0 Å². The molecular formula is C46H50N12O5S2. The first-order valence-electron chi connectivity index (χ1n) is 20.3. The van der Waals surface area contributed by atoms with E-state index in [9.17, 15) is 23.4 Å². The molecule has 0 aliphatic rings. The van der Waals surface area contributed by atoms with E-state index in [-0.39, 0.29) is 23.7 Å². The number of carbonyl (C=O) groups is 1. The molecule has 65 heavy (non-hydrogen) atoms. The number of hydrogen-bond acceptors (Lipinski definition) is 13.